The third kappa shape index (κ3) is 4.11. The van der Waals surface area contributed by atoms with Gasteiger partial charge in [0.15, 0.2) is 0 Å². The van der Waals surface area contributed by atoms with Gasteiger partial charge in [0.25, 0.3) is 0 Å². The lowest BCUT2D eigenvalue weighted by Crippen LogP contribution is -2.05. The van der Waals surface area contributed by atoms with Crippen molar-refractivity contribution in [2.75, 3.05) is 7.05 Å². The highest BCUT2D eigenvalue weighted by Gasteiger charge is 2.05. The molecule has 0 fully saturated rings. The van der Waals surface area contributed by atoms with Gasteiger partial charge in [-0.15, -0.1) is 0 Å². The summed E-state index contributed by atoms with van der Waals surface area (Å²) in [5, 5.41) is 4.02. The van der Waals surface area contributed by atoms with Crippen LogP contribution < -0.4 is 5.32 Å². The van der Waals surface area contributed by atoms with E-state index in [4.69, 9.17) is 23.2 Å². The van der Waals surface area contributed by atoms with E-state index >= 15 is 0 Å². The highest BCUT2D eigenvalue weighted by Crippen LogP contribution is 2.33. The van der Waals surface area contributed by atoms with Crippen molar-refractivity contribution in [2.45, 2.75) is 16.3 Å². The van der Waals surface area contributed by atoms with E-state index in [0.717, 1.165) is 15.4 Å². The predicted molar refractivity (Wildman–Crippen MR) is 79.7 cm³/mol. The summed E-state index contributed by atoms with van der Waals surface area (Å²) < 4.78 is 13.5. The Hall–Kier alpha value is -0.740. The molecule has 19 heavy (non-hydrogen) atoms. The smallest absolute Gasteiger partial charge is 0.124 e. The standard InChI is InChI=1S/C14H12Cl2FNS/c1-18-8-9-4-10(17)6-12(5-9)19-11-2-3-13(15)14(16)7-11/h2-7,18H,8H2,1H3. The third-order valence-corrected chi connectivity index (χ3v) is 4.14. The fourth-order valence-corrected chi connectivity index (χ4v) is 2.99. The predicted octanol–water partition coefficient (Wildman–Crippen LogP) is 5.00. The molecule has 0 heterocycles. The molecule has 2 rings (SSSR count). The van der Waals surface area contributed by atoms with E-state index in [0.29, 0.717) is 16.6 Å². The van der Waals surface area contributed by atoms with Crippen LogP contribution in [-0.4, -0.2) is 7.05 Å². The van der Waals surface area contributed by atoms with E-state index < -0.39 is 0 Å². The van der Waals surface area contributed by atoms with E-state index in [2.05, 4.69) is 5.32 Å². The molecule has 0 radical (unpaired) electrons. The summed E-state index contributed by atoms with van der Waals surface area (Å²) in [6.07, 6.45) is 0. The highest BCUT2D eigenvalue weighted by molar-refractivity contribution is 7.99. The molecule has 0 spiro atoms. The first-order valence-corrected chi connectivity index (χ1v) is 7.22. The first-order valence-electron chi connectivity index (χ1n) is 5.65. The van der Waals surface area contributed by atoms with Crippen LogP contribution in [0.15, 0.2) is 46.2 Å². The van der Waals surface area contributed by atoms with Gasteiger partial charge >= 0.3 is 0 Å². The van der Waals surface area contributed by atoms with Crippen LogP contribution >= 0.6 is 35.0 Å². The number of rotatable bonds is 4. The van der Waals surface area contributed by atoms with Crippen LogP contribution in [0.2, 0.25) is 10.0 Å². The number of nitrogens with one attached hydrogen (secondary N) is 1. The molecule has 0 aliphatic heterocycles. The summed E-state index contributed by atoms with van der Waals surface area (Å²) in [4.78, 5) is 1.76. The minimum absolute atomic E-state index is 0.240. The molecular weight excluding hydrogens is 304 g/mol. The van der Waals surface area contributed by atoms with Gasteiger partial charge in [0.05, 0.1) is 10.0 Å². The Kier molecular flexibility index (Phi) is 5.11. The molecule has 1 N–H and O–H groups in total. The first-order chi connectivity index (χ1) is 9.08. The average Bonchev–Trinajstić information content (AvgIpc) is 2.33. The lowest BCUT2D eigenvalue weighted by molar-refractivity contribution is 0.619. The largest absolute Gasteiger partial charge is 0.316 e. The second-order valence-electron chi connectivity index (χ2n) is 4.00. The summed E-state index contributed by atoms with van der Waals surface area (Å²) in [7, 11) is 1.83. The summed E-state index contributed by atoms with van der Waals surface area (Å²) in [5.74, 6) is -0.240. The molecule has 100 valence electrons. The minimum Gasteiger partial charge on any atom is -0.316 e. The van der Waals surface area contributed by atoms with E-state index in [-0.39, 0.29) is 5.82 Å². The number of benzene rings is 2. The maximum Gasteiger partial charge on any atom is 0.124 e. The van der Waals surface area contributed by atoms with Crippen LogP contribution in [0.1, 0.15) is 5.56 Å². The molecular formula is C14H12Cl2FNS. The lowest BCUT2D eigenvalue weighted by atomic mass is 10.2. The molecule has 0 aromatic heterocycles. The molecule has 0 saturated carbocycles. The van der Waals surface area contributed by atoms with Gasteiger partial charge in [-0.1, -0.05) is 35.0 Å². The van der Waals surface area contributed by atoms with Gasteiger partial charge in [-0.25, -0.2) is 4.39 Å². The topological polar surface area (TPSA) is 12.0 Å². The van der Waals surface area contributed by atoms with E-state index in [1.54, 1.807) is 12.1 Å². The Labute approximate surface area is 126 Å². The van der Waals surface area contributed by atoms with Crippen molar-refractivity contribution >= 4 is 35.0 Å². The summed E-state index contributed by atoms with van der Waals surface area (Å²) in [6, 6.07) is 10.4. The third-order valence-electron chi connectivity index (χ3n) is 2.44. The maximum absolute atomic E-state index is 13.5. The zero-order valence-electron chi connectivity index (χ0n) is 10.2. The molecule has 1 nitrogen and oxygen atoms in total. The quantitative estimate of drug-likeness (QED) is 0.851. The molecule has 0 unspecified atom stereocenters. The zero-order valence-corrected chi connectivity index (χ0v) is 12.5. The van der Waals surface area contributed by atoms with Crippen LogP contribution in [0.25, 0.3) is 0 Å². The van der Waals surface area contributed by atoms with Gasteiger partial charge in [-0.05, 0) is 49.0 Å². The van der Waals surface area contributed by atoms with Crippen LogP contribution in [0.5, 0.6) is 0 Å². The van der Waals surface area contributed by atoms with Crippen LogP contribution in [0.3, 0.4) is 0 Å². The highest BCUT2D eigenvalue weighted by atomic mass is 35.5. The molecule has 0 aliphatic carbocycles. The molecule has 0 saturated heterocycles. The van der Waals surface area contributed by atoms with Crippen molar-refractivity contribution in [3.63, 3.8) is 0 Å². The van der Waals surface area contributed by atoms with Crippen molar-refractivity contribution in [1.29, 1.82) is 0 Å². The van der Waals surface area contributed by atoms with Gasteiger partial charge in [-0.2, -0.15) is 0 Å². The summed E-state index contributed by atoms with van der Waals surface area (Å²) in [5.41, 5.74) is 0.907. The monoisotopic (exact) mass is 315 g/mol. The van der Waals surface area contributed by atoms with Crippen molar-refractivity contribution in [3.05, 3.63) is 57.8 Å². The molecule has 2 aromatic rings. The molecule has 0 aliphatic rings. The Balaban J connectivity index is 2.24. The fourth-order valence-electron chi connectivity index (χ4n) is 1.66. The molecule has 5 heteroatoms. The van der Waals surface area contributed by atoms with Gasteiger partial charge in [0.2, 0.25) is 0 Å². The van der Waals surface area contributed by atoms with Gasteiger partial charge in [-0.3, -0.25) is 0 Å². The van der Waals surface area contributed by atoms with Crippen molar-refractivity contribution < 1.29 is 4.39 Å². The maximum atomic E-state index is 13.5. The van der Waals surface area contributed by atoms with Crippen molar-refractivity contribution in [3.8, 4) is 0 Å². The second-order valence-corrected chi connectivity index (χ2v) is 5.96. The zero-order chi connectivity index (χ0) is 13.8. The van der Waals surface area contributed by atoms with E-state index in [1.807, 2.05) is 19.2 Å². The minimum atomic E-state index is -0.240. The van der Waals surface area contributed by atoms with Gasteiger partial charge in [0, 0.05) is 16.3 Å². The average molecular weight is 316 g/mol. The van der Waals surface area contributed by atoms with Crippen molar-refractivity contribution in [2.24, 2.45) is 0 Å². The Bertz CT molecular complexity index is 590. The number of hydrogen-bond donors (Lipinski definition) is 1. The van der Waals surface area contributed by atoms with Crippen molar-refractivity contribution in [1.82, 2.24) is 5.32 Å². The lowest BCUT2D eigenvalue weighted by Gasteiger charge is -2.06. The number of halogens is 3. The normalized spacial score (nSPS) is 10.7. The Morgan fingerprint density at radius 2 is 1.84 bits per heavy atom. The fraction of sp³-hybridized carbons (Fsp3) is 0.143. The Morgan fingerprint density at radius 1 is 1.05 bits per heavy atom. The Morgan fingerprint density at radius 3 is 2.53 bits per heavy atom. The van der Waals surface area contributed by atoms with Gasteiger partial charge in [0.1, 0.15) is 5.82 Å². The van der Waals surface area contributed by atoms with E-state index in [1.165, 1.54) is 23.9 Å². The first kappa shape index (κ1) is 14.7. The van der Waals surface area contributed by atoms with Crippen LogP contribution in [0, 0.1) is 5.82 Å². The summed E-state index contributed by atoms with van der Waals surface area (Å²) in [6.45, 7) is 0.632. The van der Waals surface area contributed by atoms with Crippen LogP contribution in [0.4, 0.5) is 4.39 Å². The molecule has 0 bridgehead atoms. The molecule has 0 amide bonds. The second kappa shape index (κ2) is 6.62. The molecule has 0 atom stereocenters. The van der Waals surface area contributed by atoms with Crippen LogP contribution in [-0.2, 0) is 6.54 Å². The van der Waals surface area contributed by atoms with E-state index in [9.17, 15) is 4.39 Å². The summed E-state index contributed by atoms with van der Waals surface area (Å²) >= 11 is 13.3. The molecule has 2 aromatic carbocycles. The number of hydrogen-bond acceptors (Lipinski definition) is 2. The SMILES string of the molecule is CNCc1cc(F)cc(Sc2ccc(Cl)c(Cl)c2)c1. The van der Waals surface area contributed by atoms with Gasteiger partial charge < -0.3 is 5.32 Å².